The van der Waals surface area contributed by atoms with Gasteiger partial charge in [0.2, 0.25) is 0 Å². The Hall–Kier alpha value is -1.20. The first-order valence-electron chi connectivity index (χ1n) is 7.22. The van der Waals surface area contributed by atoms with Crippen molar-refractivity contribution in [2.45, 2.75) is 59.5 Å². The van der Waals surface area contributed by atoms with E-state index >= 15 is 0 Å². The van der Waals surface area contributed by atoms with E-state index in [1.54, 1.807) is 0 Å². The molecule has 2 unspecified atom stereocenters. The average Bonchev–Trinajstić information content (AvgIpc) is 2.95. The smallest absolute Gasteiger partial charge is 0.0928 e. The standard InChI is InChI=1S/C15H24N4S/c1-6-14-17-12(5)15(20-14)11(4)16-9(2)7-13-8-10(3)18-19-13/h8-9,11,16H,6-7H2,1-5H3,(H,18,19). The molecule has 0 aliphatic carbocycles. The van der Waals surface area contributed by atoms with Crippen LogP contribution >= 0.6 is 11.3 Å². The molecule has 5 heteroatoms. The summed E-state index contributed by atoms with van der Waals surface area (Å²) in [7, 11) is 0. The third kappa shape index (κ3) is 3.67. The van der Waals surface area contributed by atoms with E-state index in [0.29, 0.717) is 12.1 Å². The molecule has 0 aliphatic heterocycles. The highest BCUT2D eigenvalue weighted by Crippen LogP contribution is 2.25. The van der Waals surface area contributed by atoms with Gasteiger partial charge in [-0.15, -0.1) is 11.3 Å². The summed E-state index contributed by atoms with van der Waals surface area (Å²) in [6.45, 7) is 10.7. The number of hydrogen-bond donors (Lipinski definition) is 2. The Labute approximate surface area is 125 Å². The lowest BCUT2D eigenvalue weighted by atomic mass is 10.1. The van der Waals surface area contributed by atoms with Crippen molar-refractivity contribution in [2.75, 3.05) is 0 Å². The Morgan fingerprint density at radius 1 is 1.35 bits per heavy atom. The van der Waals surface area contributed by atoms with Crippen LogP contribution in [0.1, 0.15) is 53.8 Å². The van der Waals surface area contributed by atoms with Crippen LogP contribution in [0.4, 0.5) is 0 Å². The van der Waals surface area contributed by atoms with Crippen LogP contribution in [0.25, 0.3) is 0 Å². The summed E-state index contributed by atoms with van der Waals surface area (Å²) >= 11 is 1.82. The van der Waals surface area contributed by atoms with Crippen molar-refractivity contribution in [2.24, 2.45) is 0 Å². The number of aryl methyl sites for hydroxylation is 3. The van der Waals surface area contributed by atoms with Crippen LogP contribution in [0.5, 0.6) is 0 Å². The molecular formula is C15H24N4S. The van der Waals surface area contributed by atoms with Crippen LogP contribution in [0.15, 0.2) is 6.07 Å². The van der Waals surface area contributed by atoms with Crippen molar-refractivity contribution in [3.63, 3.8) is 0 Å². The number of nitrogens with one attached hydrogen (secondary N) is 2. The van der Waals surface area contributed by atoms with Crippen molar-refractivity contribution in [3.8, 4) is 0 Å². The van der Waals surface area contributed by atoms with E-state index in [1.807, 2.05) is 18.3 Å². The SMILES string of the molecule is CCc1nc(C)c(C(C)NC(C)Cc2cc(C)[nH]n2)s1. The number of hydrogen-bond acceptors (Lipinski definition) is 4. The molecule has 20 heavy (non-hydrogen) atoms. The largest absolute Gasteiger partial charge is 0.306 e. The van der Waals surface area contributed by atoms with Crippen LogP contribution in [0, 0.1) is 13.8 Å². The van der Waals surface area contributed by atoms with Crippen LogP contribution < -0.4 is 5.32 Å². The van der Waals surface area contributed by atoms with Crippen molar-refractivity contribution in [1.82, 2.24) is 20.5 Å². The lowest BCUT2D eigenvalue weighted by molar-refractivity contribution is 0.477. The molecule has 0 amide bonds. The summed E-state index contributed by atoms with van der Waals surface area (Å²) in [6, 6.07) is 2.83. The molecule has 0 saturated heterocycles. The minimum Gasteiger partial charge on any atom is -0.306 e. The van der Waals surface area contributed by atoms with Crippen molar-refractivity contribution < 1.29 is 0 Å². The molecule has 0 aromatic carbocycles. The number of rotatable bonds is 6. The van der Waals surface area contributed by atoms with Crippen molar-refractivity contribution >= 4 is 11.3 Å². The second-order valence-electron chi connectivity index (χ2n) is 5.45. The van der Waals surface area contributed by atoms with Gasteiger partial charge in [0.25, 0.3) is 0 Å². The minimum absolute atomic E-state index is 0.336. The molecule has 0 fully saturated rings. The van der Waals surface area contributed by atoms with Gasteiger partial charge < -0.3 is 5.32 Å². The number of aromatic amines is 1. The second-order valence-corrected chi connectivity index (χ2v) is 6.56. The number of thiazole rings is 1. The molecule has 0 aliphatic rings. The first kappa shape index (κ1) is 15.2. The maximum absolute atomic E-state index is 4.61. The summed E-state index contributed by atoms with van der Waals surface area (Å²) in [4.78, 5) is 5.96. The number of H-pyrrole nitrogens is 1. The van der Waals surface area contributed by atoms with Gasteiger partial charge in [0, 0.05) is 29.1 Å². The van der Waals surface area contributed by atoms with Gasteiger partial charge in [-0.3, -0.25) is 5.10 Å². The monoisotopic (exact) mass is 292 g/mol. The lowest BCUT2D eigenvalue weighted by Crippen LogP contribution is -2.30. The summed E-state index contributed by atoms with van der Waals surface area (Å²) in [5, 5.41) is 12.2. The molecule has 2 aromatic heterocycles. The summed E-state index contributed by atoms with van der Waals surface area (Å²) in [5.41, 5.74) is 3.39. The Bertz CT molecular complexity index is 558. The van der Waals surface area contributed by atoms with E-state index < -0.39 is 0 Å². The highest BCUT2D eigenvalue weighted by molar-refractivity contribution is 7.11. The zero-order valence-corrected chi connectivity index (χ0v) is 13.8. The molecule has 2 atom stereocenters. The fourth-order valence-electron chi connectivity index (χ4n) is 2.47. The van der Waals surface area contributed by atoms with Gasteiger partial charge >= 0.3 is 0 Å². The Morgan fingerprint density at radius 3 is 2.65 bits per heavy atom. The summed E-state index contributed by atoms with van der Waals surface area (Å²) in [5.74, 6) is 0. The Kier molecular flexibility index (Phi) is 4.94. The van der Waals surface area contributed by atoms with Gasteiger partial charge in [-0.2, -0.15) is 5.10 Å². The predicted octanol–water partition coefficient (Wildman–Crippen LogP) is 3.33. The third-order valence-electron chi connectivity index (χ3n) is 3.38. The van der Waals surface area contributed by atoms with Gasteiger partial charge in [-0.05, 0) is 40.2 Å². The van der Waals surface area contributed by atoms with Gasteiger partial charge in [0.1, 0.15) is 0 Å². The molecular weight excluding hydrogens is 268 g/mol. The molecule has 2 rings (SSSR count). The number of aromatic nitrogens is 3. The van der Waals surface area contributed by atoms with Crippen LogP contribution in [-0.2, 0) is 12.8 Å². The zero-order valence-electron chi connectivity index (χ0n) is 12.9. The molecule has 110 valence electrons. The van der Waals surface area contributed by atoms with E-state index in [-0.39, 0.29) is 0 Å². The first-order valence-corrected chi connectivity index (χ1v) is 8.04. The molecule has 4 nitrogen and oxygen atoms in total. The van der Waals surface area contributed by atoms with Gasteiger partial charge in [-0.25, -0.2) is 4.98 Å². The van der Waals surface area contributed by atoms with E-state index in [2.05, 4.69) is 54.3 Å². The molecule has 2 aromatic rings. The van der Waals surface area contributed by atoms with Crippen LogP contribution in [-0.4, -0.2) is 21.2 Å². The van der Waals surface area contributed by atoms with E-state index in [1.165, 1.54) is 9.88 Å². The van der Waals surface area contributed by atoms with Crippen molar-refractivity contribution in [3.05, 3.63) is 33.0 Å². The molecule has 0 radical (unpaired) electrons. The molecule has 0 bridgehead atoms. The van der Waals surface area contributed by atoms with E-state index in [0.717, 1.165) is 29.9 Å². The van der Waals surface area contributed by atoms with Crippen LogP contribution in [0.3, 0.4) is 0 Å². The van der Waals surface area contributed by atoms with Crippen LogP contribution in [0.2, 0.25) is 0 Å². The highest BCUT2D eigenvalue weighted by Gasteiger charge is 2.16. The quantitative estimate of drug-likeness (QED) is 0.858. The lowest BCUT2D eigenvalue weighted by Gasteiger charge is -2.18. The fraction of sp³-hybridized carbons (Fsp3) is 0.600. The average molecular weight is 292 g/mol. The van der Waals surface area contributed by atoms with Gasteiger partial charge in [-0.1, -0.05) is 6.92 Å². The zero-order chi connectivity index (χ0) is 14.7. The number of nitrogens with zero attached hydrogens (tertiary/aromatic N) is 2. The maximum atomic E-state index is 4.61. The predicted molar refractivity (Wildman–Crippen MR) is 84.3 cm³/mol. The van der Waals surface area contributed by atoms with Crippen molar-refractivity contribution in [1.29, 1.82) is 0 Å². The second kappa shape index (κ2) is 6.50. The van der Waals surface area contributed by atoms with E-state index in [4.69, 9.17) is 0 Å². The molecule has 0 spiro atoms. The van der Waals surface area contributed by atoms with Gasteiger partial charge in [0.15, 0.2) is 0 Å². The van der Waals surface area contributed by atoms with E-state index in [9.17, 15) is 0 Å². The topological polar surface area (TPSA) is 53.6 Å². The third-order valence-corrected chi connectivity index (χ3v) is 4.87. The first-order chi connectivity index (χ1) is 9.49. The molecule has 2 heterocycles. The highest BCUT2D eigenvalue weighted by atomic mass is 32.1. The van der Waals surface area contributed by atoms with Gasteiger partial charge in [0.05, 0.1) is 16.4 Å². The molecule has 2 N–H and O–H groups in total. The summed E-state index contributed by atoms with van der Waals surface area (Å²) < 4.78 is 0. The fourth-order valence-corrected chi connectivity index (χ4v) is 3.49. The summed E-state index contributed by atoms with van der Waals surface area (Å²) in [6.07, 6.45) is 1.95. The maximum Gasteiger partial charge on any atom is 0.0928 e. The molecule has 0 saturated carbocycles. The Morgan fingerprint density at radius 2 is 2.10 bits per heavy atom. The minimum atomic E-state index is 0.336. The Balaban J connectivity index is 1.96. The normalized spacial score (nSPS) is 14.4.